The van der Waals surface area contributed by atoms with E-state index in [0.29, 0.717) is 5.71 Å². The van der Waals surface area contributed by atoms with E-state index in [1.807, 2.05) is 32.1 Å². The van der Waals surface area contributed by atoms with Crippen molar-refractivity contribution in [2.24, 2.45) is 16.8 Å². The second-order valence-corrected chi connectivity index (χ2v) is 5.70. The predicted molar refractivity (Wildman–Crippen MR) is 77.0 cm³/mol. The molecule has 1 atom stereocenters. The number of rotatable bonds is 1. The zero-order valence-electron chi connectivity index (χ0n) is 11.8. The van der Waals surface area contributed by atoms with Crippen molar-refractivity contribution >= 4 is 17.5 Å². The van der Waals surface area contributed by atoms with Crippen LogP contribution < -0.4 is 5.32 Å². The number of allylic oxidation sites excluding steroid dienone is 3. The molecule has 1 aliphatic heterocycles. The molecule has 1 heterocycles. The number of fused-ring (bicyclic) bond motifs is 1. The first-order valence-electron chi connectivity index (χ1n) is 7.07. The maximum atomic E-state index is 11.9. The van der Waals surface area contributed by atoms with Gasteiger partial charge in [-0.1, -0.05) is 18.1 Å². The van der Waals surface area contributed by atoms with Crippen molar-refractivity contribution in [3.05, 3.63) is 35.1 Å². The zero-order valence-corrected chi connectivity index (χ0v) is 11.8. The van der Waals surface area contributed by atoms with Gasteiger partial charge in [0.15, 0.2) is 0 Å². The van der Waals surface area contributed by atoms with Gasteiger partial charge < -0.3 is 5.32 Å². The van der Waals surface area contributed by atoms with Crippen molar-refractivity contribution in [2.75, 3.05) is 0 Å². The molecule has 0 spiro atoms. The van der Waals surface area contributed by atoms with Crippen molar-refractivity contribution in [2.45, 2.75) is 33.1 Å². The van der Waals surface area contributed by atoms with Crippen LogP contribution in [0.1, 0.15) is 33.1 Å². The van der Waals surface area contributed by atoms with Crippen molar-refractivity contribution < 1.29 is 9.59 Å². The quantitative estimate of drug-likeness (QED) is 0.794. The van der Waals surface area contributed by atoms with Gasteiger partial charge in [-0.05, 0) is 38.8 Å². The molecular formula is C16H18N2O2. The molecule has 2 aliphatic carbocycles. The first-order valence-corrected chi connectivity index (χ1v) is 7.07. The predicted octanol–water partition coefficient (Wildman–Crippen LogP) is 2.29. The summed E-state index contributed by atoms with van der Waals surface area (Å²) in [5, 5.41) is 2.88. The Labute approximate surface area is 118 Å². The smallest absolute Gasteiger partial charge is 0.251 e. The monoisotopic (exact) mass is 270 g/mol. The molecule has 0 aromatic carbocycles. The normalized spacial score (nSPS) is 27.9. The Kier molecular flexibility index (Phi) is 3.16. The molecule has 0 aromatic heterocycles. The van der Waals surface area contributed by atoms with Crippen LogP contribution in [0.15, 0.2) is 40.1 Å². The molecular weight excluding hydrogens is 252 g/mol. The van der Waals surface area contributed by atoms with E-state index in [0.717, 1.165) is 36.1 Å². The summed E-state index contributed by atoms with van der Waals surface area (Å²) < 4.78 is 0. The summed E-state index contributed by atoms with van der Waals surface area (Å²) in [7, 11) is 0. The van der Waals surface area contributed by atoms with Crippen LogP contribution in [0, 0.1) is 11.8 Å². The Morgan fingerprint density at radius 1 is 1.35 bits per heavy atom. The highest BCUT2D eigenvalue weighted by atomic mass is 16.2. The van der Waals surface area contributed by atoms with E-state index >= 15 is 0 Å². The van der Waals surface area contributed by atoms with E-state index < -0.39 is 0 Å². The van der Waals surface area contributed by atoms with Gasteiger partial charge in [-0.15, -0.1) is 0 Å². The van der Waals surface area contributed by atoms with E-state index in [4.69, 9.17) is 0 Å². The second-order valence-electron chi connectivity index (χ2n) is 5.70. The highest BCUT2D eigenvalue weighted by molar-refractivity contribution is 6.11. The molecule has 4 nitrogen and oxygen atoms in total. The van der Waals surface area contributed by atoms with Crippen LogP contribution in [0.5, 0.6) is 0 Å². The first kappa shape index (κ1) is 13.0. The minimum absolute atomic E-state index is 0.0308. The fraction of sp³-hybridized carbons (Fsp3) is 0.438. The number of carbonyl (C=O) groups is 2. The molecule has 1 saturated carbocycles. The fourth-order valence-corrected chi connectivity index (χ4v) is 2.67. The molecule has 0 aromatic rings. The molecule has 0 saturated heterocycles. The number of carbonyl (C=O) groups excluding carboxylic acids is 2. The molecule has 3 rings (SSSR count). The molecule has 3 aliphatic rings. The van der Waals surface area contributed by atoms with Gasteiger partial charge in [-0.25, -0.2) is 4.99 Å². The van der Waals surface area contributed by atoms with Gasteiger partial charge in [0.25, 0.3) is 5.91 Å². The highest BCUT2D eigenvalue weighted by Crippen LogP contribution is 2.31. The molecule has 2 amide bonds. The summed E-state index contributed by atoms with van der Waals surface area (Å²) in [4.78, 5) is 27.9. The lowest BCUT2D eigenvalue weighted by Crippen LogP contribution is -2.35. The summed E-state index contributed by atoms with van der Waals surface area (Å²) in [5.41, 5.74) is 3.28. The number of amides is 2. The van der Waals surface area contributed by atoms with Crippen molar-refractivity contribution in [1.82, 2.24) is 5.32 Å². The first-order chi connectivity index (χ1) is 9.56. The second kappa shape index (κ2) is 4.85. The number of aliphatic imine (C=N–C) groups is 1. The van der Waals surface area contributed by atoms with Crippen LogP contribution in [-0.2, 0) is 9.59 Å². The van der Waals surface area contributed by atoms with Crippen LogP contribution in [0.3, 0.4) is 0 Å². The lowest BCUT2D eigenvalue weighted by atomic mass is 9.84. The number of hydrogen-bond donors (Lipinski definition) is 1. The van der Waals surface area contributed by atoms with Crippen LogP contribution in [-0.4, -0.2) is 17.5 Å². The van der Waals surface area contributed by atoms with Gasteiger partial charge >= 0.3 is 0 Å². The Morgan fingerprint density at radius 3 is 2.75 bits per heavy atom. The zero-order chi connectivity index (χ0) is 14.3. The lowest BCUT2D eigenvalue weighted by molar-refractivity contribution is -0.123. The standard InChI is InChI=1S/C16H18N2O2/c1-9-10(2)15(19)18-14-8-12(6-7-13(9)14)17-16(20)11-4-3-5-11/h6-8,11,13H,3-5H2,1-2H3,(H,18,19). The fourth-order valence-electron chi connectivity index (χ4n) is 2.67. The van der Waals surface area contributed by atoms with Gasteiger partial charge in [0, 0.05) is 23.1 Å². The summed E-state index contributed by atoms with van der Waals surface area (Å²) in [6, 6.07) is 0. The van der Waals surface area contributed by atoms with E-state index in [-0.39, 0.29) is 23.7 Å². The number of nitrogens with one attached hydrogen (secondary N) is 1. The average molecular weight is 270 g/mol. The summed E-state index contributed by atoms with van der Waals surface area (Å²) in [6.07, 6.45) is 8.72. The molecule has 0 bridgehead atoms. The SMILES string of the molecule is CC1=C(C)C2C=CC(=NC(=O)C3CCC3)C=C2NC1=O. The Balaban J connectivity index is 1.85. The largest absolute Gasteiger partial charge is 0.325 e. The van der Waals surface area contributed by atoms with Gasteiger partial charge in [0.2, 0.25) is 5.91 Å². The van der Waals surface area contributed by atoms with Crippen molar-refractivity contribution in [1.29, 1.82) is 0 Å². The van der Waals surface area contributed by atoms with Crippen molar-refractivity contribution in [3.8, 4) is 0 Å². The third-order valence-electron chi connectivity index (χ3n) is 4.45. The molecule has 20 heavy (non-hydrogen) atoms. The summed E-state index contributed by atoms with van der Waals surface area (Å²) in [5.74, 6) is 0.115. The van der Waals surface area contributed by atoms with Crippen LogP contribution in [0.4, 0.5) is 0 Å². The van der Waals surface area contributed by atoms with E-state index in [2.05, 4.69) is 10.3 Å². The summed E-state index contributed by atoms with van der Waals surface area (Å²) >= 11 is 0. The topological polar surface area (TPSA) is 58.5 Å². The summed E-state index contributed by atoms with van der Waals surface area (Å²) in [6.45, 7) is 3.80. The van der Waals surface area contributed by atoms with Crippen LogP contribution in [0.25, 0.3) is 0 Å². The maximum absolute atomic E-state index is 11.9. The minimum atomic E-state index is -0.0648. The highest BCUT2D eigenvalue weighted by Gasteiger charge is 2.28. The lowest BCUT2D eigenvalue weighted by Gasteiger charge is -2.28. The minimum Gasteiger partial charge on any atom is -0.325 e. The van der Waals surface area contributed by atoms with E-state index in [9.17, 15) is 9.59 Å². The molecule has 1 fully saturated rings. The Morgan fingerprint density at radius 2 is 2.10 bits per heavy atom. The molecule has 1 N–H and O–H groups in total. The molecule has 4 heteroatoms. The molecule has 0 radical (unpaired) electrons. The average Bonchev–Trinajstić information content (AvgIpc) is 2.33. The van der Waals surface area contributed by atoms with E-state index in [1.165, 1.54) is 0 Å². The van der Waals surface area contributed by atoms with Gasteiger partial charge in [-0.2, -0.15) is 0 Å². The van der Waals surface area contributed by atoms with Crippen LogP contribution >= 0.6 is 0 Å². The van der Waals surface area contributed by atoms with E-state index in [1.54, 1.807) is 0 Å². The van der Waals surface area contributed by atoms with Gasteiger partial charge in [0.05, 0.1) is 5.71 Å². The third kappa shape index (κ3) is 2.15. The maximum Gasteiger partial charge on any atom is 0.251 e. The number of hydrogen-bond acceptors (Lipinski definition) is 2. The third-order valence-corrected chi connectivity index (χ3v) is 4.45. The van der Waals surface area contributed by atoms with Crippen LogP contribution in [0.2, 0.25) is 0 Å². The number of nitrogens with zero attached hydrogens (tertiary/aromatic N) is 1. The Hall–Kier alpha value is -1.97. The molecule has 104 valence electrons. The molecule has 1 unspecified atom stereocenters. The van der Waals surface area contributed by atoms with Gasteiger partial charge in [-0.3, -0.25) is 9.59 Å². The Bertz CT molecular complexity index is 604. The van der Waals surface area contributed by atoms with Crippen molar-refractivity contribution in [3.63, 3.8) is 0 Å². The van der Waals surface area contributed by atoms with Gasteiger partial charge in [0.1, 0.15) is 0 Å².